The summed E-state index contributed by atoms with van der Waals surface area (Å²) < 4.78 is 13.0. The van der Waals surface area contributed by atoms with E-state index in [-0.39, 0.29) is 46.6 Å². The summed E-state index contributed by atoms with van der Waals surface area (Å²) in [7, 11) is 4.20. The molecule has 5 aliphatic rings. The highest BCUT2D eigenvalue weighted by Gasteiger charge is 2.68. The first kappa shape index (κ1) is 19.5. The Labute approximate surface area is 173 Å². The third-order valence-electron chi connectivity index (χ3n) is 8.86. The van der Waals surface area contributed by atoms with Gasteiger partial charge in [-0.25, -0.2) is 0 Å². The van der Waals surface area contributed by atoms with Crippen LogP contribution in [0, 0.1) is 17.3 Å². The van der Waals surface area contributed by atoms with Gasteiger partial charge in [-0.1, -0.05) is 26.0 Å². The van der Waals surface area contributed by atoms with E-state index >= 15 is 0 Å². The highest BCUT2D eigenvalue weighted by molar-refractivity contribution is 5.88. The number of allylic oxidation sites excluding steroid dienone is 1. The second-order valence-corrected chi connectivity index (χ2v) is 10.5. The Morgan fingerprint density at radius 1 is 1.31 bits per heavy atom. The van der Waals surface area contributed by atoms with Crippen molar-refractivity contribution in [3.8, 4) is 0 Å². The van der Waals surface area contributed by atoms with Crippen LogP contribution in [-0.4, -0.2) is 54.1 Å². The van der Waals surface area contributed by atoms with Crippen molar-refractivity contribution in [2.24, 2.45) is 17.3 Å². The number of Topliss-reactive ketones (excluding diaryl/α,β-unsaturated/α-hetero) is 1. The normalized spacial score (nSPS) is 47.9. The average Bonchev–Trinajstić information content (AvgIpc) is 3.13. The minimum atomic E-state index is -0.386. The summed E-state index contributed by atoms with van der Waals surface area (Å²) in [6.45, 7) is 5.83. The molecule has 3 fully saturated rings. The monoisotopic (exact) mass is 399 g/mol. The van der Waals surface area contributed by atoms with Crippen molar-refractivity contribution in [3.63, 3.8) is 0 Å². The number of fused-ring (bicyclic) bond motifs is 1. The summed E-state index contributed by atoms with van der Waals surface area (Å²) in [6.07, 6.45) is 9.48. The molecule has 2 saturated carbocycles. The minimum Gasteiger partial charge on any atom is -0.458 e. The van der Waals surface area contributed by atoms with Crippen molar-refractivity contribution >= 4 is 11.8 Å². The standard InChI is InChI=1S/C24H33NO4/c1-14-18(25(4)5)13-23-10-11-24(29-23)16(12-17(23)21(14)28-15(2)26)8-9-22(3)19(24)6-7-20(22)27/h8,12,14,18-19,21H,6-7,9-11,13H2,1-5H3/t14-,18?,19-,21+,22+,23-,24-/m1/s1. The van der Waals surface area contributed by atoms with E-state index in [2.05, 4.69) is 45.0 Å². The maximum Gasteiger partial charge on any atom is 0.303 e. The molecule has 0 aromatic rings. The molecule has 0 aromatic carbocycles. The van der Waals surface area contributed by atoms with Gasteiger partial charge in [0.15, 0.2) is 0 Å². The molecule has 0 aromatic heterocycles. The molecule has 2 spiro atoms. The Morgan fingerprint density at radius 2 is 2.07 bits per heavy atom. The molecule has 2 bridgehead atoms. The van der Waals surface area contributed by atoms with Crippen LogP contribution in [0.2, 0.25) is 0 Å². The van der Waals surface area contributed by atoms with Gasteiger partial charge >= 0.3 is 5.97 Å². The van der Waals surface area contributed by atoms with Gasteiger partial charge in [0.25, 0.3) is 0 Å². The predicted octanol–water partition coefficient (Wildman–Crippen LogP) is 3.43. The fourth-order valence-electron chi connectivity index (χ4n) is 7.36. The molecule has 2 heterocycles. The largest absolute Gasteiger partial charge is 0.458 e. The lowest BCUT2D eigenvalue weighted by Crippen LogP contribution is -2.60. The van der Waals surface area contributed by atoms with E-state index in [0.717, 1.165) is 37.7 Å². The van der Waals surface area contributed by atoms with Crippen LogP contribution in [0.4, 0.5) is 0 Å². The van der Waals surface area contributed by atoms with Gasteiger partial charge in [0, 0.05) is 42.2 Å². The molecule has 0 amide bonds. The van der Waals surface area contributed by atoms with Crippen molar-refractivity contribution in [3.05, 3.63) is 23.3 Å². The van der Waals surface area contributed by atoms with E-state index in [1.165, 1.54) is 12.5 Å². The third-order valence-corrected chi connectivity index (χ3v) is 8.86. The predicted molar refractivity (Wildman–Crippen MR) is 109 cm³/mol. The topological polar surface area (TPSA) is 55.8 Å². The number of hydrogen-bond donors (Lipinski definition) is 0. The summed E-state index contributed by atoms with van der Waals surface area (Å²) in [5.74, 6) is 0.612. The molecule has 29 heavy (non-hydrogen) atoms. The van der Waals surface area contributed by atoms with Gasteiger partial charge in [-0.05, 0) is 51.8 Å². The van der Waals surface area contributed by atoms with Crippen molar-refractivity contribution in [2.45, 2.75) is 82.6 Å². The Balaban J connectivity index is 1.64. The number of carbonyl (C=O) groups excluding carboxylic acids is 2. The van der Waals surface area contributed by atoms with E-state index in [1.54, 1.807) is 0 Å². The lowest BCUT2D eigenvalue weighted by Gasteiger charge is -2.55. The Bertz CT molecular complexity index is 844. The second kappa shape index (κ2) is 6.04. The van der Waals surface area contributed by atoms with Crippen molar-refractivity contribution in [2.75, 3.05) is 14.1 Å². The van der Waals surface area contributed by atoms with Gasteiger partial charge in [-0.2, -0.15) is 0 Å². The van der Waals surface area contributed by atoms with Crippen LogP contribution in [-0.2, 0) is 19.1 Å². The minimum absolute atomic E-state index is 0.199. The Morgan fingerprint density at radius 3 is 2.76 bits per heavy atom. The number of esters is 1. The molecule has 5 rings (SSSR count). The fraction of sp³-hybridized carbons (Fsp3) is 0.750. The van der Waals surface area contributed by atoms with E-state index in [0.29, 0.717) is 12.2 Å². The summed E-state index contributed by atoms with van der Waals surface area (Å²) >= 11 is 0. The zero-order chi connectivity index (χ0) is 20.8. The van der Waals surface area contributed by atoms with Crippen LogP contribution in [0.25, 0.3) is 0 Å². The lowest BCUT2D eigenvalue weighted by atomic mass is 9.60. The number of nitrogens with zero attached hydrogens (tertiary/aromatic N) is 1. The average molecular weight is 400 g/mol. The van der Waals surface area contributed by atoms with Crippen LogP contribution in [0.5, 0.6) is 0 Å². The van der Waals surface area contributed by atoms with Gasteiger partial charge in [0.05, 0.1) is 11.2 Å². The van der Waals surface area contributed by atoms with Gasteiger partial charge in [0.2, 0.25) is 0 Å². The number of rotatable bonds is 2. The fourth-order valence-corrected chi connectivity index (χ4v) is 7.36. The molecule has 0 N–H and O–H groups in total. The molecular formula is C24H33NO4. The summed E-state index contributed by atoms with van der Waals surface area (Å²) in [5, 5.41) is 0. The Kier molecular flexibility index (Phi) is 4.06. The zero-order valence-corrected chi connectivity index (χ0v) is 18.3. The first-order valence-corrected chi connectivity index (χ1v) is 11.1. The molecule has 5 nitrogen and oxygen atoms in total. The van der Waals surface area contributed by atoms with Crippen LogP contribution < -0.4 is 0 Å². The second-order valence-electron chi connectivity index (χ2n) is 10.5. The third kappa shape index (κ3) is 2.40. The van der Waals surface area contributed by atoms with Crippen LogP contribution >= 0.6 is 0 Å². The van der Waals surface area contributed by atoms with Gasteiger partial charge in [-0.3, -0.25) is 9.59 Å². The van der Waals surface area contributed by atoms with E-state index in [4.69, 9.17) is 9.47 Å². The van der Waals surface area contributed by atoms with Gasteiger partial charge in [0.1, 0.15) is 11.9 Å². The first-order chi connectivity index (χ1) is 13.6. The van der Waals surface area contributed by atoms with Gasteiger partial charge in [-0.15, -0.1) is 0 Å². The highest BCUT2D eigenvalue weighted by Crippen LogP contribution is 2.66. The maximum absolute atomic E-state index is 12.8. The Hall–Kier alpha value is -1.46. The maximum atomic E-state index is 12.8. The number of carbonyl (C=O) groups is 2. The summed E-state index contributed by atoms with van der Waals surface area (Å²) in [4.78, 5) is 27.0. The van der Waals surface area contributed by atoms with Crippen molar-refractivity contribution in [1.29, 1.82) is 0 Å². The smallest absolute Gasteiger partial charge is 0.303 e. The molecule has 158 valence electrons. The number of ketones is 1. The molecule has 1 saturated heterocycles. The highest BCUT2D eigenvalue weighted by atomic mass is 16.6. The molecule has 2 aliphatic heterocycles. The molecule has 1 unspecified atom stereocenters. The van der Waals surface area contributed by atoms with E-state index in [9.17, 15) is 9.59 Å². The quantitative estimate of drug-likeness (QED) is 0.666. The first-order valence-electron chi connectivity index (χ1n) is 11.1. The van der Waals surface area contributed by atoms with E-state index < -0.39 is 0 Å². The molecule has 0 radical (unpaired) electrons. The lowest BCUT2D eigenvalue weighted by molar-refractivity contribution is -0.170. The zero-order valence-electron chi connectivity index (χ0n) is 18.3. The van der Waals surface area contributed by atoms with Crippen molar-refractivity contribution < 1.29 is 19.1 Å². The van der Waals surface area contributed by atoms with Gasteiger partial charge < -0.3 is 14.4 Å². The summed E-state index contributed by atoms with van der Waals surface area (Å²) in [6, 6.07) is 0.275. The summed E-state index contributed by atoms with van der Waals surface area (Å²) in [5.41, 5.74) is 1.35. The SMILES string of the molecule is CC(=O)O[C@@H]1C2=CC3=CC[C@]4(C)C(=O)CC[C@H]4[C@@]34CC[C@]2(CC(N(C)C)[C@H]1C)O4. The molecule has 5 heteroatoms. The molecular weight excluding hydrogens is 366 g/mol. The molecule has 7 atom stereocenters. The van der Waals surface area contributed by atoms with Crippen LogP contribution in [0.3, 0.4) is 0 Å². The number of hydrogen-bond acceptors (Lipinski definition) is 5. The number of ether oxygens (including phenoxy) is 2. The van der Waals surface area contributed by atoms with Crippen LogP contribution in [0.15, 0.2) is 23.3 Å². The van der Waals surface area contributed by atoms with Crippen molar-refractivity contribution in [1.82, 2.24) is 4.90 Å². The van der Waals surface area contributed by atoms with Crippen LogP contribution in [0.1, 0.15) is 59.3 Å². The van der Waals surface area contributed by atoms with E-state index in [1.807, 2.05) is 0 Å². The molecule has 3 aliphatic carbocycles.